The summed E-state index contributed by atoms with van der Waals surface area (Å²) >= 11 is 6.40. The topological polar surface area (TPSA) is 175 Å². The van der Waals surface area contributed by atoms with Crippen LogP contribution in [0.4, 0.5) is 5.13 Å². The molecular weight excluding hydrogens is 579 g/mol. The average molecular weight is 596 g/mol. The number of hydrogen-bond acceptors (Lipinski definition) is 13. The lowest BCUT2D eigenvalue weighted by atomic mass is 9.87. The molecule has 192 valence electrons. The van der Waals surface area contributed by atoms with Crippen molar-refractivity contribution >= 4 is 95.6 Å². The van der Waals surface area contributed by atoms with E-state index < -0.39 is 34.6 Å². The van der Waals surface area contributed by atoms with Crippen LogP contribution >= 0.6 is 57.5 Å². The molecule has 0 aromatic carbocycles. The van der Waals surface area contributed by atoms with Crippen LogP contribution in [0.3, 0.4) is 0 Å². The molecule has 2 amide bonds. The number of fused-ring (bicyclic) bond motifs is 2. The SMILES string of the molecule is Nc1nc(C(=NO)C(=O)NC2C(=O)N3CC(C=CSc4cc(=O)c5sccc5s4)(C(=O)O)CS[C@H]23)cs1. The molecule has 2 saturated heterocycles. The van der Waals surface area contributed by atoms with E-state index in [9.17, 15) is 29.5 Å². The number of thiazole rings is 1. The second-order valence-electron chi connectivity index (χ2n) is 8.06. The maximum Gasteiger partial charge on any atom is 0.316 e. The lowest BCUT2D eigenvalue weighted by molar-refractivity contribution is -0.156. The number of carbonyl (C=O) groups excluding carboxylic acids is 2. The van der Waals surface area contributed by atoms with Crippen LogP contribution in [0.15, 0.2) is 48.5 Å². The zero-order chi connectivity index (χ0) is 26.3. The van der Waals surface area contributed by atoms with Crippen LogP contribution in [0.5, 0.6) is 0 Å². The second-order valence-corrected chi connectivity index (χ2v) is 13.3. The van der Waals surface area contributed by atoms with Crippen molar-refractivity contribution in [3.8, 4) is 0 Å². The van der Waals surface area contributed by atoms with Crippen LogP contribution in [-0.4, -0.2) is 67.4 Å². The number of anilines is 1. The number of β-lactam (4-membered cyclic amide) rings is 1. The van der Waals surface area contributed by atoms with Gasteiger partial charge in [0.2, 0.25) is 5.91 Å². The van der Waals surface area contributed by atoms with Crippen molar-refractivity contribution in [3.05, 3.63) is 50.3 Å². The number of thioether (sulfide) groups is 2. The van der Waals surface area contributed by atoms with Crippen molar-refractivity contribution in [3.63, 3.8) is 0 Å². The average Bonchev–Trinajstić information content (AvgIpc) is 3.52. The Kier molecular flexibility index (Phi) is 7.01. The Labute approximate surface area is 229 Å². The van der Waals surface area contributed by atoms with E-state index >= 15 is 0 Å². The van der Waals surface area contributed by atoms with Crippen molar-refractivity contribution in [1.82, 2.24) is 15.2 Å². The number of nitrogens with two attached hydrogens (primary N) is 1. The number of carboxylic acids is 1. The first-order valence-corrected chi connectivity index (χ1v) is 15.0. The van der Waals surface area contributed by atoms with Crippen molar-refractivity contribution < 1.29 is 24.7 Å². The van der Waals surface area contributed by atoms with Crippen molar-refractivity contribution in [2.45, 2.75) is 15.6 Å². The number of carboxylic acid groups (broad SMARTS) is 1. The fraction of sp³-hybridized carbons (Fsp3) is 0.238. The molecule has 0 spiro atoms. The number of hydrogen-bond donors (Lipinski definition) is 4. The summed E-state index contributed by atoms with van der Waals surface area (Å²) in [4.78, 5) is 55.3. The van der Waals surface area contributed by atoms with E-state index in [4.69, 9.17) is 5.73 Å². The molecule has 0 radical (unpaired) electrons. The fourth-order valence-electron chi connectivity index (χ4n) is 3.87. The van der Waals surface area contributed by atoms with Crippen LogP contribution in [0.2, 0.25) is 0 Å². The molecule has 0 saturated carbocycles. The molecule has 2 fully saturated rings. The zero-order valence-corrected chi connectivity index (χ0v) is 22.6. The van der Waals surface area contributed by atoms with Gasteiger partial charge in [0.1, 0.15) is 22.5 Å². The Balaban J connectivity index is 1.26. The van der Waals surface area contributed by atoms with Crippen LogP contribution in [0.1, 0.15) is 5.69 Å². The smallest absolute Gasteiger partial charge is 0.316 e. The summed E-state index contributed by atoms with van der Waals surface area (Å²) in [5.41, 5.74) is 3.88. The molecule has 3 aromatic heterocycles. The first kappa shape index (κ1) is 25.7. The predicted molar refractivity (Wildman–Crippen MR) is 146 cm³/mol. The Morgan fingerprint density at radius 1 is 1.35 bits per heavy atom. The largest absolute Gasteiger partial charge is 0.481 e. The number of carbonyl (C=O) groups is 3. The fourth-order valence-corrected chi connectivity index (χ4v) is 8.97. The number of rotatable bonds is 7. The molecule has 2 unspecified atom stereocenters. The highest BCUT2D eigenvalue weighted by atomic mass is 32.2. The second kappa shape index (κ2) is 10.1. The van der Waals surface area contributed by atoms with Crippen molar-refractivity contribution in [2.24, 2.45) is 10.6 Å². The molecule has 2 aliphatic heterocycles. The molecule has 37 heavy (non-hydrogen) atoms. The lowest BCUT2D eigenvalue weighted by Crippen LogP contribution is -2.73. The third kappa shape index (κ3) is 4.74. The summed E-state index contributed by atoms with van der Waals surface area (Å²) in [6.45, 7) is -0.0639. The van der Waals surface area contributed by atoms with Crippen LogP contribution in [0.25, 0.3) is 9.40 Å². The molecule has 2 aliphatic rings. The van der Waals surface area contributed by atoms with E-state index in [1.165, 1.54) is 62.5 Å². The molecule has 16 heteroatoms. The van der Waals surface area contributed by atoms with E-state index in [-0.39, 0.29) is 34.3 Å². The van der Waals surface area contributed by atoms with Gasteiger partial charge >= 0.3 is 5.97 Å². The third-order valence-electron chi connectivity index (χ3n) is 5.78. The Bertz CT molecular complexity index is 1530. The highest BCUT2D eigenvalue weighted by molar-refractivity contribution is 8.04. The molecule has 5 heterocycles. The minimum absolute atomic E-state index is 0.0639. The van der Waals surface area contributed by atoms with E-state index in [1.807, 2.05) is 11.4 Å². The Hall–Kier alpha value is -2.92. The number of thiophene rings is 1. The highest BCUT2D eigenvalue weighted by Gasteiger charge is 2.57. The number of nitrogens with zero attached hydrogens (tertiary/aromatic N) is 3. The lowest BCUT2D eigenvalue weighted by Gasteiger charge is -2.53. The Morgan fingerprint density at radius 2 is 2.16 bits per heavy atom. The molecule has 3 atom stereocenters. The maximum absolute atomic E-state index is 12.8. The molecule has 0 bridgehead atoms. The molecule has 3 aromatic rings. The van der Waals surface area contributed by atoms with Gasteiger partial charge in [0, 0.05) is 23.7 Å². The maximum atomic E-state index is 12.8. The first-order chi connectivity index (χ1) is 17.7. The van der Waals surface area contributed by atoms with Gasteiger partial charge in [-0.05, 0) is 16.9 Å². The van der Waals surface area contributed by atoms with Gasteiger partial charge in [0.05, 0.1) is 13.6 Å². The summed E-state index contributed by atoms with van der Waals surface area (Å²) < 4.78 is 2.31. The standard InChI is InChI=1S/C21H17N5O6S5/c22-20-23-9(6-35-20)13(25-32)16(28)24-14-17(29)26-7-21(19(30)31,8-36-18(14)26)2-4-33-12-5-10(27)15-11(37-12)1-3-34-15/h1-6,14,18,32H,7-8H2,(H2,22,23)(H,24,28)(H,30,31)/t14?,18-,21?/m1/s1. The van der Waals surface area contributed by atoms with Crippen molar-refractivity contribution in [2.75, 3.05) is 18.0 Å². The number of aromatic nitrogens is 1. The number of nitrogens with one attached hydrogen (secondary N) is 1. The molecule has 5 N–H and O–H groups in total. The summed E-state index contributed by atoms with van der Waals surface area (Å²) in [5.74, 6) is -2.13. The van der Waals surface area contributed by atoms with Gasteiger partial charge in [-0.3, -0.25) is 19.2 Å². The monoisotopic (exact) mass is 595 g/mol. The summed E-state index contributed by atoms with van der Waals surface area (Å²) in [6.07, 6.45) is 1.56. The summed E-state index contributed by atoms with van der Waals surface area (Å²) in [5, 5.41) is 29.5. The summed E-state index contributed by atoms with van der Waals surface area (Å²) in [6, 6.07) is 2.52. The zero-order valence-electron chi connectivity index (χ0n) is 18.5. The van der Waals surface area contributed by atoms with Gasteiger partial charge in [0.25, 0.3) is 5.91 Å². The quantitative estimate of drug-likeness (QED) is 0.104. The normalized spacial score (nSPS) is 23.7. The van der Waals surface area contributed by atoms with E-state index in [2.05, 4.69) is 15.5 Å². The van der Waals surface area contributed by atoms with Gasteiger partial charge in [-0.2, -0.15) is 0 Å². The molecular formula is C21H17N5O6S5. The van der Waals surface area contributed by atoms with Gasteiger partial charge in [-0.25, -0.2) is 4.98 Å². The minimum Gasteiger partial charge on any atom is -0.481 e. The number of nitrogen functional groups attached to an aromatic ring is 1. The minimum atomic E-state index is -1.33. The number of aliphatic carboxylic acids is 1. The van der Waals surface area contributed by atoms with Crippen LogP contribution in [-0.2, 0) is 14.4 Å². The van der Waals surface area contributed by atoms with Crippen LogP contribution < -0.4 is 16.5 Å². The molecule has 11 nitrogen and oxygen atoms in total. The molecule has 5 rings (SSSR count). The van der Waals surface area contributed by atoms with Gasteiger partial charge in [-0.1, -0.05) is 23.0 Å². The van der Waals surface area contributed by atoms with E-state index in [0.717, 1.165) is 20.2 Å². The first-order valence-electron chi connectivity index (χ1n) is 10.5. The Morgan fingerprint density at radius 3 is 2.86 bits per heavy atom. The summed E-state index contributed by atoms with van der Waals surface area (Å²) in [7, 11) is 0. The van der Waals surface area contributed by atoms with Gasteiger partial charge < -0.3 is 26.3 Å². The van der Waals surface area contributed by atoms with Crippen molar-refractivity contribution in [1.29, 1.82) is 0 Å². The highest BCUT2D eigenvalue weighted by Crippen LogP contribution is 2.43. The van der Waals surface area contributed by atoms with Gasteiger partial charge in [-0.15, -0.1) is 45.8 Å². The predicted octanol–water partition coefficient (Wildman–Crippen LogP) is 2.32. The van der Waals surface area contributed by atoms with E-state index in [1.54, 1.807) is 11.5 Å². The molecule has 0 aliphatic carbocycles. The van der Waals surface area contributed by atoms with Crippen LogP contribution in [0, 0.1) is 5.41 Å². The van der Waals surface area contributed by atoms with E-state index in [0.29, 0.717) is 4.70 Å². The number of amides is 2. The number of oxime groups is 1. The van der Waals surface area contributed by atoms with Gasteiger partial charge in [0.15, 0.2) is 16.3 Å². The third-order valence-corrected chi connectivity index (χ3v) is 11.1.